The van der Waals surface area contributed by atoms with Gasteiger partial charge in [-0.25, -0.2) is 0 Å². The van der Waals surface area contributed by atoms with Gasteiger partial charge in [0, 0.05) is 52.1 Å². The Balaban J connectivity index is 1.67. The lowest BCUT2D eigenvalue weighted by Gasteiger charge is -2.45. The van der Waals surface area contributed by atoms with Crippen molar-refractivity contribution in [2.24, 2.45) is 13.0 Å². The zero-order chi connectivity index (χ0) is 16.9. The Labute approximate surface area is 143 Å². The molecule has 2 fully saturated rings. The van der Waals surface area contributed by atoms with Crippen LogP contribution >= 0.6 is 0 Å². The van der Waals surface area contributed by atoms with E-state index in [9.17, 15) is 9.90 Å². The standard InChI is InChI=1S/C17H28N4O3/c1-19-12-15(11-18-19)17(23)21-5-4-16(14(13-21)3-2-8-22)20-6-9-24-10-7-20/h11-12,14,16,22H,2-10,13H2,1H3. The van der Waals surface area contributed by atoms with E-state index in [1.807, 2.05) is 11.9 Å². The molecule has 3 heterocycles. The molecule has 2 unspecified atom stereocenters. The van der Waals surface area contributed by atoms with Gasteiger partial charge in [0.2, 0.25) is 0 Å². The van der Waals surface area contributed by atoms with Crippen LogP contribution < -0.4 is 0 Å². The van der Waals surface area contributed by atoms with Gasteiger partial charge in [0.15, 0.2) is 0 Å². The monoisotopic (exact) mass is 336 g/mol. The summed E-state index contributed by atoms with van der Waals surface area (Å²) < 4.78 is 7.13. The summed E-state index contributed by atoms with van der Waals surface area (Å²) in [5.41, 5.74) is 0.656. The van der Waals surface area contributed by atoms with Crippen LogP contribution in [0.2, 0.25) is 0 Å². The lowest BCUT2D eigenvalue weighted by molar-refractivity contribution is -0.0196. The van der Waals surface area contributed by atoms with Crippen molar-refractivity contribution in [3.8, 4) is 0 Å². The van der Waals surface area contributed by atoms with Crippen molar-refractivity contribution >= 4 is 5.91 Å². The Kier molecular flexibility index (Phi) is 5.86. The Morgan fingerprint density at radius 2 is 2.17 bits per heavy atom. The number of likely N-dealkylation sites (tertiary alicyclic amines) is 1. The van der Waals surface area contributed by atoms with Crippen molar-refractivity contribution in [1.82, 2.24) is 19.6 Å². The Morgan fingerprint density at radius 3 is 2.83 bits per heavy atom. The van der Waals surface area contributed by atoms with E-state index < -0.39 is 0 Å². The number of hydrogen-bond acceptors (Lipinski definition) is 5. The molecular formula is C17H28N4O3. The summed E-state index contributed by atoms with van der Waals surface area (Å²) >= 11 is 0. The predicted molar refractivity (Wildman–Crippen MR) is 89.7 cm³/mol. The van der Waals surface area contributed by atoms with Crippen molar-refractivity contribution in [2.75, 3.05) is 46.0 Å². The summed E-state index contributed by atoms with van der Waals surface area (Å²) in [6.45, 7) is 5.28. The topological polar surface area (TPSA) is 70.8 Å². The van der Waals surface area contributed by atoms with Crippen molar-refractivity contribution < 1.29 is 14.6 Å². The van der Waals surface area contributed by atoms with Gasteiger partial charge in [0.25, 0.3) is 5.91 Å². The fraction of sp³-hybridized carbons (Fsp3) is 0.765. The molecule has 0 spiro atoms. The first kappa shape index (κ1) is 17.4. The van der Waals surface area contributed by atoms with Crippen LogP contribution in [0.4, 0.5) is 0 Å². The van der Waals surface area contributed by atoms with Gasteiger partial charge in [-0.15, -0.1) is 0 Å². The Morgan fingerprint density at radius 1 is 1.38 bits per heavy atom. The fourth-order valence-corrected chi connectivity index (χ4v) is 3.95. The quantitative estimate of drug-likeness (QED) is 0.840. The summed E-state index contributed by atoms with van der Waals surface area (Å²) in [7, 11) is 1.82. The molecule has 2 aliphatic heterocycles. The molecule has 2 saturated heterocycles. The molecular weight excluding hydrogens is 308 g/mol. The first-order chi connectivity index (χ1) is 11.7. The average molecular weight is 336 g/mol. The number of ether oxygens (including phenoxy) is 1. The minimum Gasteiger partial charge on any atom is -0.396 e. The van der Waals surface area contributed by atoms with Gasteiger partial charge >= 0.3 is 0 Å². The Hall–Kier alpha value is -1.44. The molecule has 2 atom stereocenters. The molecule has 1 amide bonds. The van der Waals surface area contributed by atoms with Gasteiger partial charge in [-0.2, -0.15) is 5.10 Å². The number of hydrogen-bond donors (Lipinski definition) is 1. The molecule has 0 aliphatic carbocycles. The Bertz CT molecular complexity index is 542. The van der Waals surface area contributed by atoms with Crippen molar-refractivity contribution in [3.63, 3.8) is 0 Å². The number of amides is 1. The minimum absolute atomic E-state index is 0.0672. The highest BCUT2D eigenvalue weighted by molar-refractivity contribution is 5.93. The predicted octanol–water partition coefficient (Wildman–Crippen LogP) is 0.356. The third-order valence-corrected chi connectivity index (χ3v) is 5.18. The summed E-state index contributed by atoms with van der Waals surface area (Å²) in [5.74, 6) is 0.474. The molecule has 0 bridgehead atoms. The molecule has 0 aromatic carbocycles. The number of aliphatic hydroxyl groups excluding tert-OH is 1. The minimum atomic E-state index is 0.0672. The number of carbonyl (C=O) groups is 1. The van der Waals surface area contributed by atoms with E-state index in [4.69, 9.17) is 4.74 Å². The molecule has 24 heavy (non-hydrogen) atoms. The molecule has 0 radical (unpaired) electrons. The van der Waals surface area contributed by atoms with E-state index in [0.717, 1.165) is 58.7 Å². The normalized spacial score (nSPS) is 25.8. The lowest BCUT2D eigenvalue weighted by atomic mass is 9.86. The summed E-state index contributed by atoms with van der Waals surface area (Å²) in [6.07, 6.45) is 6.15. The second kappa shape index (κ2) is 8.09. The van der Waals surface area contributed by atoms with Gasteiger partial charge in [0.1, 0.15) is 0 Å². The molecule has 2 aliphatic rings. The number of aryl methyl sites for hydroxylation is 1. The van der Waals surface area contributed by atoms with Crippen molar-refractivity contribution in [2.45, 2.75) is 25.3 Å². The van der Waals surface area contributed by atoms with E-state index in [1.165, 1.54) is 0 Å². The van der Waals surface area contributed by atoms with E-state index in [2.05, 4.69) is 10.00 Å². The highest BCUT2D eigenvalue weighted by Gasteiger charge is 2.35. The van der Waals surface area contributed by atoms with Gasteiger partial charge in [-0.1, -0.05) is 0 Å². The van der Waals surface area contributed by atoms with Crippen LogP contribution in [0.15, 0.2) is 12.4 Å². The van der Waals surface area contributed by atoms with Crippen LogP contribution in [-0.4, -0.2) is 82.6 Å². The summed E-state index contributed by atoms with van der Waals surface area (Å²) in [6, 6.07) is 0.485. The van der Waals surface area contributed by atoms with Crippen molar-refractivity contribution in [1.29, 1.82) is 0 Å². The highest BCUT2D eigenvalue weighted by Crippen LogP contribution is 2.27. The van der Waals surface area contributed by atoms with Crippen LogP contribution in [0.1, 0.15) is 29.6 Å². The van der Waals surface area contributed by atoms with Gasteiger partial charge in [-0.05, 0) is 25.2 Å². The number of piperidine rings is 1. The molecule has 1 aromatic heterocycles. The number of nitrogens with zero attached hydrogens (tertiary/aromatic N) is 4. The largest absolute Gasteiger partial charge is 0.396 e. The number of carbonyl (C=O) groups excluding carboxylic acids is 1. The third kappa shape index (κ3) is 3.96. The number of aromatic nitrogens is 2. The maximum Gasteiger partial charge on any atom is 0.257 e. The van der Waals surface area contributed by atoms with Gasteiger partial charge in [-0.3, -0.25) is 14.4 Å². The first-order valence-electron chi connectivity index (χ1n) is 8.89. The lowest BCUT2D eigenvalue weighted by Crippen LogP contribution is -2.55. The number of rotatable bonds is 5. The zero-order valence-electron chi connectivity index (χ0n) is 14.4. The second-order valence-corrected chi connectivity index (χ2v) is 6.78. The van der Waals surface area contributed by atoms with Crippen LogP contribution in [-0.2, 0) is 11.8 Å². The summed E-state index contributed by atoms with van der Waals surface area (Å²) in [4.78, 5) is 17.2. The average Bonchev–Trinajstić information content (AvgIpc) is 3.06. The van der Waals surface area contributed by atoms with Crippen molar-refractivity contribution in [3.05, 3.63) is 18.0 Å². The molecule has 1 N–H and O–H groups in total. The van der Waals surface area contributed by atoms with Crippen LogP contribution in [0.3, 0.4) is 0 Å². The zero-order valence-corrected chi connectivity index (χ0v) is 14.4. The first-order valence-corrected chi connectivity index (χ1v) is 8.89. The molecule has 7 heteroatoms. The molecule has 134 valence electrons. The third-order valence-electron chi connectivity index (χ3n) is 5.18. The smallest absolute Gasteiger partial charge is 0.257 e. The number of aliphatic hydroxyl groups is 1. The maximum absolute atomic E-state index is 12.7. The molecule has 1 aromatic rings. The summed E-state index contributed by atoms with van der Waals surface area (Å²) in [5, 5.41) is 13.3. The number of morpholine rings is 1. The van der Waals surface area contributed by atoms with E-state index >= 15 is 0 Å². The van der Waals surface area contributed by atoms with Crippen LogP contribution in [0.5, 0.6) is 0 Å². The van der Waals surface area contributed by atoms with E-state index in [1.54, 1.807) is 17.1 Å². The van der Waals surface area contributed by atoms with Gasteiger partial charge in [0.05, 0.1) is 25.0 Å². The molecule has 3 rings (SSSR count). The van der Waals surface area contributed by atoms with Gasteiger partial charge < -0.3 is 14.7 Å². The van der Waals surface area contributed by atoms with Crippen LogP contribution in [0, 0.1) is 5.92 Å². The van der Waals surface area contributed by atoms with E-state index in [-0.39, 0.29) is 12.5 Å². The SMILES string of the molecule is Cn1cc(C(=O)N2CCC(N3CCOCC3)C(CCCO)C2)cn1. The second-order valence-electron chi connectivity index (χ2n) is 6.78. The molecule has 7 nitrogen and oxygen atoms in total. The fourth-order valence-electron chi connectivity index (χ4n) is 3.95. The molecule has 0 saturated carbocycles. The highest BCUT2D eigenvalue weighted by atomic mass is 16.5. The maximum atomic E-state index is 12.7. The van der Waals surface area contributed by atoms with Crippen LogP contribution in [0.25, 0.3) is 0 Å². The van der Waals surface area contributed by atoms with E-state index in [0.29, 0.717) is 17.5 Å².